The minimum absolute atomic E-state index is 0.0277. The minimum atomic E-state index is -0.517. The van der Waals surface area contributed by atoms with Gasteiger partial charge in [-0.2, -0.15) is 0 Å². The van der Waals surface area contributed by atoms with Crippen LogP contribution in [0.5, 0.6) is 5.75 Å². The number of alkyl carbamates (subject to hydrolysis) is 1. The number of nitrogens with one attached hydrogen (secondary N) is 1. The highest BCUT2D eigenvalue weighted by atomic mass is 16.6. The maximum Gasteiger partial charge on any atom is 0.407 e. The zero-order chi connectivity index (χ0) is 21.0. The van der Waals surface area contributed by atoms with Crippen molar-refractivity contribution in [2.24, 2.45) is 0 Å². The molecule has 3 rings (SSSR count). The van der Waals surface area contributed by atoms with E-state index in [0.717, 1.165) is 35.1 Å². The molecule has 2 amide bonds. The van der Waals surface area contributed by atoms with E-state index >= 15 is 0 Å². The summed E-state index contributed by atoms with van der Waals surface area (Å²) >= 11 is 0. The summed E-state index contributed by atoms with van der Waals surface area (Å²) in [6, 6.07) is 7.59. The quantitative estimate of drug-likeness (QED) is 0.853. The van der Waals surface area contributed by atoms with Gasteiger partial charge in [0.05, 0.1) is 19.0 Å². The number of carbonyl (C=O) groups excluding carboxylic acids is 2. The lowest BCUT2D eigenvalue weighted by molar-refractivity contribution is -0.131. The van der Waals surface area contributed by atoms with E-state index < -0.39 is 11.7 Å². The maximum atomic E-state index is 12.8. The first-order chi connectivity index (χ1) is 13.7. The third-order valence-corrected chi connectivity index (χ3v) is 4.95. The van der Waals surface area contributed by atoms with Crippen LogP contribution in [0.1, 0.15) is 39.2 Å². The summed E-state index contributed by atoms with van der Waals surface area (Å²) < 4.78 is 10.6. The van der Waals surface area contributed by atoms with Crippen LogP contribution in [0.15, 0.2) is 30.5 Å². The number of pyridine rings is 1. The Morgan fingerprint density at radius 3 is 2.59 bits per heavy atom. The number of methoxy groups -OCH3 is 1. The monoisotopic (exact) mass is 399 g/mol. The number of aromatic nitrogens is 1. The molecule has 7 heteroatoms. The molecule has 0 aliphatic carbocycles. The molecule has 0 saturated carbocycles. The van der Waals surface area contributed by atoms with Crippen LogP contribution in [0.2, 0.25) is 0 Å². The normalized spacial score (nSPS) is 15.2. The standard InChI is InChI=1S/C22H29N3O4/c1-22(2,3)29-21(27)24-16-8-11-25(12-9-16)20(26)13-15-7-10-23-19-6-5-17(28-4)14-18(15)19/h5-7,10,14,16H,8-9,11-13H2,1-4H3,(H,24,27). The van der Waals surface area contributed by atoms with Gasteiger partial charge in [0.25, 0.3) is 0 Å². The number of likely N-dealkylation sites (tertiary alicyclic amines) is 1. The van der Waals surface area contributed by atoms with Crippen molar-refractivity contribution in [2.75, 3.05) is 20.2 Å². The van der Waals surface area contributed by atoms with Crippen molar-refractivity contribution >= 4 is 22.9 Å². The summed E-state index contributed by atoms with van der Waals surface area (Å²) in [6.45, 7) is 6.75. The van der Waals surface area contributed by atoms with E-state index in [1.54, 1.807) is 13.3 Å². The molecule has 1 aliphatic heterocycles. The van der Waals surface area contributed by atoms with Gasteiger partial charge in [0.2, 0.25) is 5.91 Å². The van der Waals surface area contributed by atoms with Crippen LogP contribution >= 0.6 is 0 Å². The molecule has 1 fully saturated rings. The van der Waals surface area contributed by atoms with Gasteiger partial charge in [-0.25, -0.2) is 4.79 Å². The predicted octanol–water partition coefficient (Wildman–Crippen LogP) is 3.30. The fourth-order valence-electron chi connectivity index (χ4n) is 3.49. The number of rotatable bonds is 4. The first-order valence-corrected chi connectivity index (χ1v) is 9.94. The number of hydrogen-bond acceptors (Lipinski definition) is 5. The zero-order valence-corrected chi connectivity index (χ0v) is 17.5. The van der Waals surface area contributed by atoms with E-state index in [1.807, 2.05) is 49.9 Å². The van der Waals surface area contributed by atoms with Gasteiger partial charge in [0, 0.05) is 30.7 Å². The van der Waals surface area contributed by atoms with Crippen molar-refractivity contribution in [1.29, 1.82) is 0 Å². The van der Waals surface area contributed by atoms with Crippen LogP contribution in [0.3, 0.4) is 0 Å². The zero-order valence-electron chi connectivity index (χ0n) is 17.5. The molecule has 1 saturated heterocycles. The number of carbonyl (C=O) groups is 2. The van der Waals surface area contributed by atoms with E-state index in [4.69, 9.17) is 9.47 Å². The fourth-order valence-corrected chi connectivity index (χ4v) is 3.49. The molecule has 0 atom stereocenters. The number of nitrogens with zero attached hydrogens (tertiary/aromatic N) is 2. The fraction of sp³-hybridized carbons (Fsp3) is 0.500. The van der Waals surface area contributed by atoms with Crippen LogP contribution < -0.4 is 10.1 Å². The molecular weight excluding hydrogens is 370 g/mol. The molecule has 1 aliphatic rings. The summed E-state index contributed by atoms with van der Waals surface area (Å²) in [6.07, 6.45) is 3.08. The Labute approximate surface area is 171 Å². The molecule has 0 unspecified atom stereocenters. The van der Waals surface area contributed by atoms with E-state index in [2.05, 4.69) is 10.3 Å². The van der Waals surface area contributed by atoms with Gasteiger partial charge in [0.1, 0.15) is 11.4 Å². The number of benzene rings is 1. The number of fused-ring (bicyclic) bond motifs is 1. The number of hydrogen-bond donors (Lipinski definition) is 1. The largest absolute Gasteiger partial charge is 0.497 e. The molecule has 2 aromatic rings. The summed E-state index contributed by atoms with van der Waals surface area (Å²) in [4.78, 5) is 31.0. The van der Waals surface area contributed by atoms with Crippen molar-refractivity contribution < 1.29 is 19.1 Å². The van der Waals surface area contributed by atoms with E-state index in [-0.39, 0.29) is 11.9 Å². The molecule has 0 bridgehead atoms. The summed E-state index contributed by atoms with van der Waals surface area (Å²) in [5, 5.41) is 3.83. The Balaban J connectivity index is 1.58. The van der Waals surface area contributed by atoms with Crippen LogP contribution in [-0.4, -0.2) is 53.7 Å². The second-order valence-electron chi connectivity index (χ2n) is 8.33. The van der Waals surface area contributed by atoms with Crippen molar-refractivity contribution in [3.63, 3.8) is 0 Å². The maximum absolute atomic E-state index is 12.8. The van der Waals surface area contributed by atoms with Gasteiger partial charge >= 0.3 is 6.09 Å². The average Bonchev–Trinajstić information content (AvgIpc) is 2.67. The van der Waals surface area contributed by atoms with Crippen molar-refractivity contribution in [1.82, 2.24) is 15.2 Å². The number of piperidine rings is 1. The van der Waals surface area contributed by atoms with Gasteiger partial charge in [-0.05, 0) is 63.4 Å². The smallest absolute Gasteiger partial charge is 0.407 e. The SMILES string of the molecule is COc1ccc2nccc(CC(=O)N3CCC(NC(=O)OC(C)(C)C)CC3)c2c1. The molecule has 156 valence electrons. The van der Waals surface area contributed by atoms with Crippen molar-refractivity contribution in [2.45, 2.75) is 51.7 Å². The second kappa shape index (κ2) is 8.68. The first kappa shape index (κ1) is 20.9. The van der Waals surface area contributed by atoms with E-state index in [9.17, 15) is 9.59 Å². The van der Waals surface area contributed by atoms with Gasteiger partial charge < -0.3 is 19.7 Å². The molecule has 0 spiro atoms. The summed E-state index contributed by atoms with van der Waals surface area (Å²) in [7, 11) is 1.62. The Kier molecular flexibility index (Phi) is 6.25. The van der Waals surface area contributed by atoms with Gasteiger partial charge in [-0.15, -0.1) is 0 Å². The molecule has 29 heavy (non-hydrogen) atoms. The van der Waals surface area contributed by atoms with Crippen molar-refractivity contribution in [3.05, 3.63) is 36.0 Å². The van der Waals surface area contributed by atoms with E-state index in [1.165, 1.54) is 0 Å². The highest BCUT2D eigenvalue weighted by Crippen LogP contribution is 2.23. The van der Waals surface area contributed by atoms with E-state index in [0.29, 0.717) is 19.5 Å². The minimum Gasteiger partial charge on any atom is -0.497 e. The molecule has 1 aromatic heterocycles. The molecular formula is C22H29N3O4. The van der Waals surface area contributed by atoms with Gasteiger partial charge in [-0.3, -0.25) is 9.78 Å². The Morgan fingerprint density at radius 2 is 1.93 bits per heavy atom. The first-order valence-electron chi connectivity index (χ1n) is 9.94. The Hall–Kier alpha value is -2.83. The Morgan fingerprint density at radius 1 is 1.21 bits per heavy atom. The average molecular weight is 399 g/mol. The van der Waals surface area contributed by atoms with Crippen molar-refractivity contribution in [3.8, 4) is 5.75 Å². The number of amides is 2. The molecule has 1 N–H and O–H groups in total. The number of ether oxygens (including phenoxy) is 2. The molecule has 0 radical (unpaired) electrons. The van der Waals surface area contributed by atoms with Crippen LogP contribution in [0.25, 0.3) is 10.9 Å². The molecule has 1 aromatic carbocycles. The lowest BCUT2D eigenvalue weighted by atomic mass is 10.0. The third-order valence-electron chi connectivity index (χ3n) is 4.95. The second-order valence-corrected chi connectivity index (χ2v) is 8.33. The summed E-state index contributed by atoms with van der Waals surface area (Å²) in [5.41, 5.74) is 1.26. The highest BCUT2D eigenvalue weighted by Gasteiger charge is 2.26. The molecule has 2 heterocycles. The van der Waals surface area contributed by atoms with Crippen LogP contribution in [-0.2, 0) is 16.0 Å². The lowest BCUT2D eigenvalue weighted by Crippen LogP contribution is -2.48. The summed E-state index contributed by atoms with van der Waals surface area (Å²) in [5.74, 6) is 0.823. The van der Waals surface area contributed by atoms with Crippen LogP contribution in [0, 0.1) is 0 Å². The highest BCUT2D eigenvalue weighted by molar-refractivity contribution is 5.89. The lowest BCUT2D eigenvalue weighted by Gasteiger charge is -2.33. The van der Waals surface area contributed by atoms with Gasteiger partial charge in [-0.1, -0.05) is 0 Å². The van der Waals surface area contributed by atoms with Crippen LogP contribution in [0.4, 0.5) is 4.79 Å². The predicted molar refractivity (Wildman–Crippen MR) is 111 cm³/mol. The topological polar surface area (TPSA) is 80.8 Å². The third kappa shape index (κ3) is 5.59. The van der Waals surface area contributed by atoms with Gasteiger partial charge in [0.15, 0.2) is 0 Å². The molecule has 7 nitrogen and oxygen atoms in total. The Bertz CT molecular complexity index is 883.